The van der Waals surface area contributed by atoms with Gasteiger partial charge in [-0.15, -0.1) is 0 Å². The average Bonchev–Trinajstić information content (AvgIpc) is 2.44. The molecule has 0 aromatic heterocycles. The maximum atomic E-state index is 12.2. The van der Waals surface area contributed by atoms with Crippen LogP contribution < -0.4 is 5.32 Å². The fourth-order valence-electron chi connectivity index (χ4n) is 2.24. The normalized spacial score (nSPS) is 16.6. The molecule has 1 fully saturated rings. The average molecular weight is 316 g/mol. The van der Waals surface area contributed by atoms with Crippen LogP contribution in [-0.4, -0.2) is 48.1 Å². The number of carbonyl (C=O) groups is 1. The van der Waals surface area contributed by atoms with E-state index in [4.69, 9.17) is 23.2 Å². The Balaban J connectivity index is 1.95. The standard InChI is InChI=1S/C14H19Cl2N3O/c1-10(2)18-6-8-19(9-7-18)14(20)17-12-5-3-4-11(15)13(12)16/h3-5,10H,6-9H2,1-2H3,(H,17,20). The van der Waals surface area contributed by atoms with Gasteiger partial charge in [-0.25, -0.2) is 4.79 Å². The van der Waals surface area contributed by atoms with Crippen molar-refractivity contribution in [2.45, 2.75) is 19.9 Å². The van der Waals surface area contributed by atoms with Gasteiger partial charge >= 0.3 is 6.03 Å². The third-order valence-corrected chi connectivity index (χ3v) is 4.34. The number of nitrogens with zero attached hydrogens (tertiary/aromatic N) is 2. The van der Waals surface area contributed by atoms with Crippen LogP contribution in [0.25, 0.3) is 0 Å². The molecule has 20 heavy (non-hydrogen) atoms. The SMILES string of the molecule is CC(C)N1CCN(C(=O)Nc2cccc(Cl)c2Cl)CC1. The lowest BCUT2D eigenvalue weighted by Gasteiger charge is -2.36. The Morgan fingerprint density at radius 3 is 2.45 bits per heavy atom. The van der Waals surface area contributed by atoms with Gasteiger partial charge in [-0.05, 0) is 26.0 Å². The molecule has 0 bridgehead atoms. The van der Waals surface area contributed by atoms with Gasteiger partial charge in [-0.1, -0.05) is 29.3 Å². The molecule has 2 rings (SSSR count). The van der Waals surface area contributed by atoms with Gasteiger partial charge in [0.1, 0.15) is 0 Å². The summed E-state index contributed by atoms with van der Waals surface area (Å²) in [6, 6.07) is 5.60. The Morgan fingerprint density at radius 1 is 1.20 bits per heavy atom. The summed E-state index contributed by atoms with van der Waals surface area (Å²) in [6.45, 7) is 7.58. The molecule has 0 spiro atoms. The summed E-state index contributed by atoms with van der Waals surface area (Å²) in [5.74, 6) is 0. The van der Waals surface area contributed by atoms with Crippen molar-refractivity contribution in [3.63, 3.8) is 0 Å². The molecule has 1 heterocycles. The third-order valence-electron chi connectivity index (χ3n) is 3.52. The zero-order valence-corrected chi connectivity index (χ0v) is 13.2. The van der Waals surface area contributed by atoms with Gasteiger partial charge in [-0.2, -0.15) is 0 Å². The fraction of sp³-hybridized carbons (Fsp3) is 0.500. The lowest BCUT2D eigenvalue weighted by atomic mass is 10.2. The first-order valence-corrected chi connectivity index (χ1v) is 7.48. The summed E-state index contributed by atoms with van der Waals surface area (Å²) in [5, 5.41) is 3.63. The van der Waals surface area contributed by atoms with Crippen molar-refractivity contribution < 1.29 is 4.79 Å². The summed E-state index contributed by atoms with van der Waals surface area (Å²) in [5.41, 5.74) is 0.551. The molecule has 1 aromatic carbocycles. The number of anilines is 1. The van der Waals surface area contributed by atoms with Crippen LogP contribution in [0.15, 0.2) is 18.2 Å². The van der Waals surface area contributed by atoms with E-state index in [1.807, 2.05) is 0 Å². The quantitative estimate of drug-likeness (QED) is 0.906. The lowest BCUT2D eigenvalue weighted by Crippen LogP contribution is -2.51. The van der Waals surface area contributed by atoms with Crippen molar-refractivity contribution in [1.29, 1.82) is 0 Å². The topological polar surface area (TPSA) is 35.6 Å². The summed E-state index contributed by atoms with van der Waals surface area (Å²) in [7, 11) is 0. The molecule has 1 N–H and O–H groups in total. The van der Waals surface area contributed by atoms with E-state index in [1.165, 1.54) is 0 Å². The maximum absolute atomic E-state index is 12.2. The Morgan fingerprint density at radius 2 is 1.85 bits per heavy atom. The molecule has 2 amide bonds. The molecular weight excluding hydrogens is 297 g/mol. The third kappa shape index (κ3) is 3.57. The lowest BCUT2D eigenvalue weighted by molar-refractivity contribution is 0.125. The van der Waals surface area contributed by atoms with E-state index >= 15 is 0 Å². The Kier molecular flexibility index (Phi) is 5.13. The van der Waals surface area contributed by atoms with Gasteiger partial charge in [-0.3, -0.25) is 4.90 Å². The van der Waals surface area contributed by atoms with E-state index in [2.05, 4.69) is 24.1 Å². The molecule has 6 heteroatoms. The maximum Gasteiger partial charge on any atom is 0.321 e. The van der Waals surface area contributed by atoms with Crippen LogP contribution in [0.4, 0.5) is 10.5 Å². The van der Waals surface area contributed by atoms with Crippen molar-refractivity contribution in [2.24, 2.45) is 0 Å². The second-order valence-corrected chi connectivity index (χ2v) is 5.93. The minimum atomic E-state index is -0.127. The molecule has 0 unspecified atom stereocenters. The van der Waals surface area contributed by atoms with E-state index in [0.717, 1.165) is 26.2 Å². The second kappa shape index (κ2) is 6.66. The monoisotopic (exact) mass is 315 g/mol. The molecule has 1 saturated heterocycles. The number of amides is 2. The van der Waals surface area contributed by atoms with E-state index in [-0.39, 0.29) is 6.03 Å². The minimum Gasteiger partial charge on any atom is -0.322 e. The summed E-state index contributed by atoms with van der Waals surface area (Å²) >= 11 is 12.0. The zero-order valence-electron chi connectivity index (χ0n) is 11.7. The van der Waals surface area contributed by atoms with E-state index in [9.17, 15) is 4.79 Å². The summed E-state index contributed by atoms with van der Waals surface area (Å²) in [6.07, 6.45) is 0. The van der Waals surface area contributed by atoms with Crippen LogP contribution >= 0.6 is 23.2 Å². The Bertz CT molecular complexity index is 485. The van der Waals surface area contributed by atoms with Crippen LogP contribution in [0.3, 0.4) is 0 Å². The number of nitrogens with one attached hydrogen (secondary N) is 1. The zero-order chi connectivity index (χ0) is 14.7. The molecule has 1 aromatic rings. The minimum absolute atomic E-state index is 0.127. The first-order valence-electron chi connectivity index (χ1n) is 6.73. The number of benzene rings is 1. The molecule has 0 saturated carbocycles. The Labute approximate surface area is 129 Å². The first-order chi connectivity index (χ1) is 9.49. The van der Waals surface area contributed by atoms with Crippen molar-refractivity contribution in [3.8, 4) is 0 Å². The van der Waals surface area contributed by atoms with Crippen LogP contribution in [-0.2, 0) is 0 Å². The predicted molar refractivity (Wildman–Crippen MR) is 83.8 cm³/mol. The first kappa shape index (κ1) is 15.4. The van der Waals surface area contributed by atoms with Gasteiger partial charge in [0.15, 0.2) is 0 Å². The highest BCUT2D eigenvalue weighted by atomic mass is 35.5. The summed E-state index contributed by atoms with van der Waals surface area (Å²) < 4.78 is 0. The van der Waals surface area contributed by atoms with Crippen molar-refractivity contribution in [2.75, 3.05) is 31.5 Å². The molecule has 0 radical (unpaired) electrons. The van der Waals surface area contributed by atoms with Crippen molar-refractivity contribution in [1.82, 2.24) is 9.80 Å². The number of carbonyl (C=O) groups excluding carboxylic acids is 1. The highest BCUT2D eigenvalue weighted by molar-refractivity contribution is 6.43. The number of urea groups is 1. The molecule has 1 aliphatic rings. The van der Waals surface area contributed by atoms with E-state index in [1.54, 1.807) is 23.1 Å². The van der Waals surface area contributed by atoms with E-state index < -0.39 is 0 Å². The molecule has 110 valence electrons. The van der Waals surface area contributed by atoms with Gasteiger partial charge in [0.25, 0.3) is 0 Å². The number of halogens is 2. The van der Waals surface area contributed by atoms with Gasteiger partial charge in [0.05, 0.1) is 15.7 Å². The number of rotatable bonds is 2. The highest BCUT2D eigenvalue weighted by Crippen LogP contribution is 2.29. The summed E-state index contributed by atoms with van der Waals surface area (Å²) in [4.78, 5) is 16.4. The second-order valence-electron chi connectivity index (χ2n) is 5.15. The fourth-order valence-corrected chi connectivity index (χ4v) is 2.58. The largest absolute Gasteiger partial charge is 0.322 e. The van der Waals surface area contributed by atoms with Gasteiger partial charge < -0.3 is 10.2 Å². The van der Waals surface area contributed by atoms with Crippen LogP contribution in [0.2, 0.25) is 10.0 Å². The molecule has 0 aliphatic carbocycles. The van der Waals surface area contributed by atoms with Gasteiger partial charge in [0.2, 0.25) is 0 Å². The van der Waals surface area contributed by atoms with Crippen LogP contribution in [0.1, 0.15) is 13.8 Å². The Hall–Kier alpha value is -0.970. The molecular formula is C14H19Cl2N3O. The van der Waals surface area contributed by atoms with Crippen LogP contribution in [0.5, 0.6) is 0 Å². The smallest absolute Gasteiger partial charge is 0.321 e. The molecule has 4 nitrogen and oxygen atoms in total. The van der Waals surface area contributed by atoms with E-state index in [0.29, 0.717) is 21.8 Å². The van der Waals surface area contributed by atoms with Crippen molar-refractivity contribution >= 4 is 34.9 Å². The molecule has 1 aliphatic heterocycles. The van der Waals surface area contributed by atoms with Crippen LogP contribution in [0, 0.1) is 0 Å². The van der Waals surface area contributed by atoms with Gasteiger partial charge in [0, 0.05) is 32.2 Å². The predicted octanol–water partition coefficient (Wildman–Crippen LogP) is 3.55. The molecule has 0 atom stereocenters. The highest BCUT2D eigenvalue weighted by Gasteiger charge is 2.22. The number of hydrogen-bond acceptors (Lipinski definition) is 2. The van der Waals surface area contributed by atoms with Crippen molar-refractivity contribution in [3.05, 3.63) is 28.2 Å². The number of hydrogen-bond donors (Lipinski definition) is 1. The number of piperazine rings is 1.